The van der Waals surface area contributed by atoms with Crippen molar-refractivity contribution in [2.24, 2.45) is 0 Å². The maximum atomic E-state index is 12.6. The van der Waals surface area contributed by atoms with Crippen LogP contribution in [0, 0.1) is 0 Å². The summed E-state index contributed by atoms with van der Waals surface area (Å²) in [5, 5.41) is 0. The first-order valence-corrected chi connectivity index (χ1v) is 5.95. The van der Waals surface area contributed by atoms with Gasteiger partial charge in [0.2, 0.25) is 12.1 Å². The average Bonchev–Trinajstić information content (AvgIpc) is 2.53. The number of benzene rings is 2. The molecule has 0 spiro atoms. The molecule has 20 heavy (non-hydrogen) atoms. The standard InChI is InChI=1S/C16H13O4/c1-19-13-8-4-3-7-12(13)16(18)15-11(10-17)6-5-9-14(15)20-2/h3-9H,1-2H3. The Kier molecular flexibility index (Phi) is 4.15. The molecular weight excluding hydrogens is 256 g/mol. The molecule has 0 amide bonds. The Labute approximate surface area is 116 Å². The number of para-hydroxylation sites is 1. The third-order valence-corrected chi connectivity index (χ3v) is 2.93. The number of methoxy groups -OCH3 is 2. The summed E-state index contributed by atoms with van der Waals surface area (Å²) < 4.78 is 10.3. The van der Waals surface area contributed by atoms with Crippen LogP contribution in [0.3, 0.4) is 0 Å². The van der Waals surface area contributed by atoms with Crippen molar-refractivity contribution >= 4 is 12.1 Å². The third-order valence-electron chi connectivity index (χ3n) is 2.93. The summed E-state index contributed by atoms with van der Waals surface area (Å²) in [6.07, 6.45) is 1.77. The fourth-order valence-corrected chi connectivity index (χ4v) is 1.99. The number of carbonyl (C=O) groups is 1. The second kappa shape index (κ2) is 6.02. The normalized spacial score (nSPS) is 9.90. The van der Waals surface area contributed by atoms with E-state index < -0.39 is 0 Å². The lowest BCUT2D eigenvalue weighted by molar-refractivity contribution is 0.103. The monoisotopic (exact) mass is 269 g/mol. The number of hydrogen-bond donors (Lipinski definition) is 0. The zero-order valence-electron chi connectivity index (χ0n) is 11.2. The minimum absolute atomic E-state index is 0.167. The van der Waals surface area contributed by atoms with Crippen LogP contribution >= 0.6 is 0 Å². The molecule has 2 aromatic rings. The molecule has 4 heteroatoms. The van der Waals surface area contributed by atoms with Crippen molar-refractivity contribution in [3.05, 3.63) is 59.2 Å². The van der Waals surface area contributed by atoms with Gasteiger partial charge in [-0.2, -0.15) is 0 Å². The molecule has 4 nitrogen and oxygen atoms in total. The van der Waals surface area contributed by atoms with Crippen LogP contribution in [0.15, 0.2) is 42.5 Å². The highest BCUT2D eigenvalue weighted by atomic mass is 16.5. The van der Waals surface area contributed by atoms with Gasteiger partial charge in [-0.3, -0.25) is 9.59 Å². The third kappa shape index (κ3) is 2.40. The summed E-state index contributed by atoms with van der Waals surface area (Å²) in [6, 6.07) is 11.6. The highest BCUT2D eigenvalue weighted by Gasteiger charge is 2.21. The average molecular weight is 269 g/mol. The smallest absolute Gasteiger partial charge is 0.234 e. The van der Waals surface area contributed by atoms with Crippen LogP contribution in [0.25, 0.3) is 0 Å². The Bertz CT molecular complexity index is 647. The number of rotatable bonds is 5. The van der Waals surface area contributed by atoms with Gasteiger partial charge in [-0.1, -0.05) is 18.2 Å². The largest absolute Gasteiger partial charge is 0.496 e. The molecule has 2 rings (SSSR count). The molecule has 101 valence electrons. The van der Waals surface area contributed by atoms with Gasteiger partial charge in [-0.05, 0) is 24.3 Å². The molecule has 0 atom stereocenters. The number of ketones is 1. The molecule has 0 saturated carbocycles. The number of hydrogen-bond acceptors (Lipinski definition) is 4. The van der Waals surface area contributed by atoms with E-state index >= 15 is 0 Å². The van der Waals surface area contributed by atoms with E-state index in [4.69, 9.17) is 9.47 Å². The van der Waals surface area contributed by atoms with E-state index in [1.807, 2.05) is 0 Å². The Morgan fingerprint density at radius 1 is 0.950 bits per heavy atom. The van der Waals surface area contributed by atoms with Crippen LogP contribution in [0.2, 0.25) is 0 Å². The minimum atomic E-state index is -0.335. The first-order chi connectivity index (χ1) is 9.72. The summed E-state index contributed by atoms with van der Waals surface area (Å²) in [7, 11) is 2.93. The zero-order chi connectivity index (χ0) is 14.5. The van der Waals surface area contributed by atoms with Gasteiger partial charge in [-0.25, -0.2) is 0 Å². The summed E-state index contributed by atoms with van der Waals surface area (Å²) in [6.45, 7) is 0. The van der Waals surface area contributed by atoms with Crippen LogP contribution in [0.1, 0.15) is 21.5 Å². The van der Waals surface area contributed by atoms with Crippen LogP contribution in [0.4, 0.5) is 0 Å². The molecule has 0 aliphatic carbocycles. The van der Waals surface area contributed by atoms with Crippen molar-refractivity contribution in [3.63, 3.8) is 0 Å². The second-order valence-corrected chi connectivity index (χ2v) is 4.01. The van der Waals surface area contributed by atoms with E-state index in [1.165, 1.54) is 20.3 Å². The molecule has 0 aliphatic rings. The van der Waals surface area contributed by atoms with Gasteiger partial charge in [0.05, 0.1) is 25.3 Å². The predicted molar refractivity (Wildman–Crippen MR) is 74.2 cm³/mol. The molecule has 0 aliphatic heterocycles. The van der Waals surface area contributed by atoms with E-state index in [0.717, 1.165) is 0 Å². The second-order valence-electron chi connectivity index (χ2n) is 4.01. The Morgan fingerprint density at radius 2 is 1.60 bits per heavy atom. The molecule has 0 heterocycles. The molecule has 0 saturated heterocycles. The quantitative estimate of drug-likeness (QED) is 0.782. The first kappa shape index (κ1) is 13.8. The van der Waals surface area contributed by atoms with Crippen molar-refractivity contribution < 1.29 is 19.1 Å². The number of ether oxygens (including phenoxy) is 2. The Hall–Kier alpha value is -2.62. The first-order valence-electron chi connectivity index (χ1n) is 5.95. The summed E-state index contributed by atoms with van der Waals surface area (Å²) in [5.41, 5.74) is 0.728. The molecule has 2 aromatic carbocycles. The van der Waals surface area contributed by atoms with Gasteiger partial charge in [0.25, 0.3) is 0 Å². The van der Waals surface area contributed by atoms with Gasteiger partial charge in [0.1, 0.15) is 11.5 Å². The lowest BCUT2D eigenvalue weighted by Gasteiger charge is -2.11. The highest BCUT2D eigenvalue weighted by Crippen LogP contribution is 2.28. The molecule has 0 aromatic heterocycles. The molecule has 0 bridgehead atoms. The maximum Gasteiger partial charge on any atom is 0.234 e. The highest BCUT2D eigenvalue weighted by molar-refractivity contribution is 6.15. The molecule has 0 fully saturated rings. The van der Waals surface area contributed by atoms with E-state index in [-0.39, 0.29) is 16.9 Å². The lowest BCUT2D eigenvalue weighted by atomic mass is 9.97. The maximum absolute atomic E-state index is 12.6. The molecule has 0 N–H and O–H groups in total. The summed E-state index contributed by atoms with van der Waals surface area (Å²) in [5.74, 6) is 0.445. The van der Waals surface area contributed by atoms with Crippen LogP contribution in [0.5, 0.6) is 11.5 Å². The summed E-state index contributed by atoms with van der Waals surface area (Å²) >= 11 is 0. The SMILES string of the molecule is COc1ccccc1C(=O)c1c([C]=O)cccc1OC. The van der Waals surface area contributed by atoms with Crippen molar-refractivity contribution in [2.75, 3.05) is 14.2 Å². The lowest BCUT2D eigenvalue weighted by Crippen LogP contribution is -2.09. The fourth-order valence-electron chi connectivity index (χ4n) is 1.99. The van der Waals surface area contributed by atoms with Gasteiger partial charge in [-0.15, -0.1) is 0 Å². The predicted octanol–water partition coefficient (Wildman–Crippen LogP) is 2.39. The number of carbonyl (C=O) groups excluding carboxylic acids is 2. The minimum Gasteiger partial charge on any atom is -0.496 e. The van der Waals surface area contributed by atoms with Crippen molar-refractivity contribution in [1.29, 1.82) is 0 Å². The van der Waals surface area contributed by atoms with Crippen molar-refractivity contribution in [1.82, 2.24) is 0 Å². The van der Waals surface area contributed by atoms with Crippen molar-refractivity contribution in [3.8, 4) is 11.5 Å². The van der Waals surface area contributed by atoms with Crippen LogP contribution in [-0.2, 0) is 4.79 Å². The molecule has 0 unspecified atom stereocenters. The van der Waals surface area contributed by atoms with Gasteiger partial charge >= 0.3 is 0 Å². The summed E-state index contributed by atoms with van der Waals surface area (Å²) in [4.78, 5) is 23.7. The van der Waals surface area contributed by atoms with Crippen LogP contribution < -0.4 is 9.47 Å². The van der Waals surface area contributed by atoms with E-state index in [2.05, 4.69) is 0 Å². The Morgan fingerprint density at radius 3 is 2.25 bits per heavy atom. The Balaban J connectivity index is 2.61. The van der Waals surface area contributed by atoms with E-state index in [0.29, 0.717) is 17.1 Å². The molecular formula is C16H13O4. The molecule has 1 radical (unpaired) electrons. The zero-order valence-corrected chi connectivity index (χ0v) is 11.2. The van der Waals surface area contributed by atoms with Gasteiger partial charge < -0.3 is 9.47 Å². The fraction of sp³-hybridized carbons (Fsp3) is 0.125. The van der Waals surface area contributed by atoms with Gasteiger partial charge in [0, 0.05) is 5.56 Å². The topological polar surface area (TPSA) is 52.6 Å². The van der Waals surface area contributed by atoms with Gasteiger partial charge in [0.15, 0.2) is 0 Å². The van der Waals surface area contributed by atoms with Crippen molar-refractivity contribution in [2.45, 2.75) is 0 Å². The van der Waals surface area contributed by atoms with E-state index in [1.54, 1.807) is 42.7 Å². The van der Waals surface area contributed by atoms with E-state index in [9.17, 15) is 9.59 Å². The van der Waals surface area contributed by atoms with Crippen LogP contribution in [-0.4, -0.2) is 26.3 Å².